The van der Waals surface area contributed by atoms with E-state index < -0.39 is 0 Å². The molecule has 6 nitrogen and oxygen atoms in total. The van der Waals surface area contributed by atoms with E-state index in [1.807, 2.05) is 12.1 Å². The molecule has 0 bridgehead atoms. The minimum absolute atomic E-state index is 0.0158. The Morgan fingerprint density at radius 1 is 1.04 bits per heavy atom. The highest BCUT2D eigenvalue weighted by molar-refractivity contribution is 5.44. The molecule has 3 N–H and O–H groups in total. The molecule has 0 radical (unpaired) electrons. The summed E-state index contributed by atoms with van der Waals surface area (Å²) in [5.41, 5.74) is 1.88. The fourth-order valence-electron chi connectivity index (χ4n) is 3.87. The van der Waals surface area contributed by atoms with E-state index in [0.717, 1.165) is 11.1 Å². The van der Waals surface area contributed by atoms with Crippen LogP contribution in [-0.4, -0.2) is 42.8 Å². The lowest BCUT2D eigenvalue weighted by molar-refractivity contribution is 0.0716. The SMILES string of the molecule is COc1cc(C(C)C2COC(c3ccc(O)c(OC)c3)C2CO)ccc1O. The number of methoxy groups -OCH3 is 2. The molecule has 0 saturated carbocycles. The third-order valence-electron chi connectivity index (χ3n) is 5.52. The minimum atomic E-state index is -0.282. The van der Waals surface area contributed by atoms with Gasteiger partial charge in [0, 0.05) is 12.5 Å². The maximum Gasteiger partial charge on any atom is 0.160 e. The van der Waals surface area contributed by atoms with E-state index in [1.54, 1.807) is 24.3 Å². The number of phenols is 2. The summed E-state index contributed by atoms with van der Waals surface area (Å²) in [4.78, 5) is 0. The molecule has 1 fully saturated rings. The van der Waals surface area contributed by atoms with Gasteiger partial charge in [0.1, 0.15) is 0 Å². The summed E-state index contributed by atoms with van der Waals surface area (Å²) >= 11 is 0. The van der Waals surface area contributed by atoms with Gasteiger partial charge in [-0.15, -0.1) is 0 Å². The zero-order valence-electron chi connectivity index (χ0n) is 15.8. The molecule has 4 atom stereocenters. The zero-order valence-corrected chi connectivity index (χ0v) is 15.8. The van der Waals surface area contributed by atoms with Crippen molar-refractivity contribution in [1.29, 1.82) is 0 Å². The Balaban J connectivity index is 1.86. The smallest absolute Gasteiger partial charge is 0.160 e. The lowest BCUT2D eigenvalue weighted by Crippen LogP contribution is -2.23. The van der Waals surface area contributed by atoms with Gasteiger partial charge in [0.05, 0.1) is 26.9 Å². The number of aromatic hydroxyl groups is 2. The monoisotopic (exact) mass is 374 g/mol. The summed E-state index contributed by atoms with van der Waals surface area (Å²) in [6.45, 7) is 2.57. The molecule has 6 heteroatoms. The highest BCUT2D eigenvalue weighted by Gasteiger charge is 2.41. The highest BCUT2D eigenvalue weighted by Crippen LogP contribution is 2.46. The van der Waals surface area contributed by atoms with Gasteiger partial charge in [-0.25, -0.2) is 0 Å². The van der Waals surface area contributed by atoms with Crippen molar-refractivity contribution in [2.45, 2.75) is 18.9 Å². The standard InChI is InChI=1S/C21H26O6/c1-12(13-4-6-17(23)19(8-13)25-2)16-11-27-21(15(16)10-22)14-5-7-18(24)20(9-14)26-3/h4-9,12,15-16,21-24H,10-11H2,1-3H3. The molecular weight excluding hydrogens is 348 g/mol. The molecule has 1 aliphatic heterocycles. The van der Waals surface area contributed by atoms with Gasteiger partial charge in [-0.1, -0.05) is 19.1 Å². The average Bonchev–Trinajstić information content (AvgIpc) is 3.12. The van der Waals surface area contributed by atoms with Crippen LogP contribution < -0.4 is 9.47 Å². The first-order valence-corrected chi connectivity index (χ1v) is 8.96. The van der Waals surface area contributed by atoms with Crippen LogP contribution in [0.15, 0.2) is 36.4 Å². The lowest BCUT2D eigenvalue weighted by atomic mass is 9.78. The van der Waals surface area contributed by atoms with Gasteiger partial charge in [0.2, 0.25) is 0 Å². The molecule has 4 unspecified atom stereocenters. The van der Waals surface area contributed by atoms with Crippen molar-refractivity contribution in [3.63, 3.8) is 0 Å². The van der Waals surface area contributed by atoms with Crippen molar-refractivity contribution in [3.05, 3.63) is 47.5 Å². The molecule has 0 amide bonds. The molecule has 2 aromatic rings. The lowest BCUT2D eigenvalue weighted by Gasteiger charge is -2.26. The number of benzene rings is 2. The maximum absolute atomic E-state index is 10.1. The third kappa shape index (κ3) is 3.68. The molecule has 2 aromatic carbocycles. The van der Waals surface area contributed by atoms with E-state index in [4.69, 9.17) is 14.2 Å². The van der Waals surface area contributed by atoms with Crippen LogP contribution in [0.25, 0.3) is 0 Å². The van der Waals surface area contributed by atoms with Gasteiger partial charge >= 0.3 is 0 Å². The normalized spacial score (nSPS) is 23.2. The molecule has 3 rings (SSSR count). The van der Waals surface area contributed by atoms with Crippen LogP contribution in [0.2, 0.25) is 0 Å². The molecule has 27 heavy (non-hydrogen) atoms. The first-order chi connectivity index (χ1) is 13.0. The topological polar surface area (TPSA) is 88.4 Å². The highest BCUT2D eigenvalue weighted by atomic mass is 16.5. The van der Waals surface area contributed by atoms with E-state index in [2.05, 4.69) is 6.92 Å². The fraction of sp³-hybridized carbons (Fsp3) is 0.429. The maximum atomic E-state index is 10.1. The van der Waals surface area contributed by atoms with Crippen LogP contribution in [0.4, 0.5) is 0 Å². The van der Waals surface area contributed by atoms with Crippen molar-refractivity contribution in [2.75, 3.05) is 27.4 Å². The Kier molecular flexibility index (Phi) is 5.77. The van der Waals surface area contributed by atoms with Crippen LogP contribution in [0.5, 0.6) is 23.0 Å². The number of aliphatic hydroxyl groups excluding tert-OH is 1. The van der Waals surface area contributed by atoms with E-state index >= 15 is 0 Å². The Bertz CT molecular complexity index is 790. The second-order valence-electron chi connectivity index (χ2n) is 6.92. The molecule has 1 heterocycles. The van der Waals surface area contributed by atoms with Crippen LogP contribution in [0, 0.1) is 11.8 Å². The third-order valence-corrected chi connectivity index (χ3v) is 5.52. The minimum Gasteiger partial charge on any atom is -0.504 e. The Hall–Kier alpha value is -2.44. The first kappa shape index (κ1) is 19.3. The van der Waals surface area contributed by atoms with Gasteiger partial charge in [0.25, 0.3) is 0 Å². The Labute approximate surface area is 158 Å². The van der Waals surface area contributed by atoms with E-state index in [0.29, 0.717) is 18.1 Å². The molecular formula is C21H26O6. The molecule has 0 spiro atoms. The van der Waals surface area contributed by atoms with Crippen molar-refractivity contribution >= 4 is 0 Å². The molecule has 146 valence electrons. The summed E-state index contributed by atoms with van der Waals surface area (Å²) in [5, 5.41) is 29.7. The van der Waals surface area contributed by atoms with Gasteiger partial charge in [-0.3, -0.25) is 0 Å². The Morgan fingerprint density at radius 3 is 2.30 bits per heavy atom. The fourth-order valence-corrected chi connectivity index (χ4v) is 3.87. The van der Waals surface area contributed by atoms with Crippen molar-refractivity contribution < 1.29 is 29.5 Å². The molecule has 0 aliphatic carbocycles. The number of phenolic OH excluding ortho intramolecular Hbond substituents is 2. The quantitative estimate of drug-likeness (QED) is 0.720. The number of hydrogen-bond donors (Lipinski definition) is 3. The molecule has 1 saturated heterocycles. The van der Waals surface area contributed by atoms with Crippen LogP contribution in [-0.2, 0) is 4.74 Å². The van der Waals surface area contributed by atoms with Gasteiger partial charge in [-0.2, -0.15) is 0 Å². The van der Waals surface area contributed by atoms with Crippen LogP contribution in [0.3, 0.4) is 0 Å². The van der Waals surface area contributed by atoms with Gasteiger partial charge < -0.3 is 29.5 Å². The summed E-state index contributed by atoms with van der Waals surface area (Å²) in [5.74, 6) is 1.07. The van der Waals surface area contributed by atoms with Crippen molar-refractivity contribution in [2.24, 2.45) is 11.8 Å². The average molecular weight is 374 g/mol. The van der Waals surface area contributed by atoms with Crippen molar-refractivity contribution in [3.8, 4) is 23.0 Å². The second-order valence-corrected chi connectivity index (χ2v) is 6.92. The second kappa shape index (κ2) is 8.06. The first-order valence-electron chi connectivity index (χ1n) is 8.96. The summed E-state index contributed by atoms with van der Waals surface area (Å²) in [6, 6.07) is 10.4. The zero-order chi connectivity index (χ0) is 19.6. The van der Waals surface area contributed by atoms with Crippen molar-refractivity contribution in [1.82, 2.24) is 0 Å². The summed E-state index contributed by atoms with van der Waals surface area (Å²) in [6.07, 6.45) is -0.282. The number of hydrogen-bond acceptors (Lipinski definition) is 6. The van der Waals surface area contributed by atoms with Gasteiger partial charge in [-0.05, 0) is 47.2 Å². The number of aliphatic hydroxyl groups is 1. The largest absolute Gasteiger partial charge is 0.504 e. The summed E-state index contributed by atoms with van der Waals surface area (Å²) < 4.78 is 16.4. The van der Waals surface area contributed by atoms with E-state index in [1.165, 1.54) is 14.2 Å². The predicted octanol–water partition coefficient (Wildman–Crippen LogP) is 3.21. The number of rotatable bonds is 6. The molecule has 1 aliphatic rings. The van der Waals surface area contributed by atoms with E-state index in [9.17, 15) is 15.3 Å². The van der Waals surface area contributed by atoms with Crippen LogP contribution in [0.1, 0.15) is 30.1 Å². The number of ether oxygens (including phenoxy) is 3. The predicted molar refractivity (Wildman–Crippen MR) is 100 cm³/mol. The summed E-state index contributed by atoms with van der Waals surface area (Å²) in [7, 11) is 3.02. The van der Waals surface area contributed by atoms with Gasteiger partial charge in [0.15, 0.2) is 23.0 Å². The molecule has 0 aromatic heterocycles. The van der Waals surface area contributed by atoms with Crippen LogP contribution >= 0.6 is 0 Å². The van der Waals surface area contributed by atoms with E-state index in [-0.39, 0.29) is 42.0 Å². The Morgan fingerprint density at radius 2 is 1.67 bits per heavy atom.